The van der Waals surface area contributed by atoms with Gasteiger partial charge in [0.1, 0.15) is 0 Å². The number of carbonyl (C=O) groups excluding carboxylic acids is 1. The van der Waals surface area contributed by atoms with Crippen molar-refractivity contribution < 1.29 is 9.53 Å². The molecule has 0 bridgehead atoms. The molecular formula is C15H21N5O2. The number of rotatable bonds is 4. The van der Waals surface area contributed by atoms with Crippen LogP contribution in [0.15, 0.2) is 12.3 Å². The highest BCUT2D eigenvalue weighted by Crippen LogP contribution is 2.16. The molecular weight excluding hydrogens is 282 g/mol. The number of aryl methyl sites for hydroxylation is 2. The summed E-state index contributed by atoms with van der Waals surface area (Å²) in [5.74, 6) is -0.0917. The molecule has 1 amide bonds. The summed E-state index contributed by atoms with van der Waals surface area (Å²) in [6.07, 6.45) is 1.60. The molecule has 0 aromatic carbocycles. The molecule has 0 aliphatic carbocycles. The number of morpholine rings is 1. The van der Waals surface area contributed by atoms with Gasteiger partial charge in [-0.05, 0) is 13.0 Å². The highest BCUT2D eigenvalue weighted by molar-refractivity contribution is 5.97. The Bertz CT molecular complexity index is 676. The zero-order valence-electron chi connectivity index (χ0n) is 13.0. The smallest absolute Gasteiger partial charge is 0.252 e. The van der Waals surface area contributed by atoms with Gasteiger partial charge in [0.25, 0.3) is 5.91 Å². The molecule has 1 aliphatic heterocycles. The third-order valence-electron chi connectivity index (χ3n) is 3.94. The Morgan fingerprint density at radius 1 is 1.41 bits per heavy atom. The van der Waals surface area contributed by atoms with Crippen LogP contribution >= 0.6 is 0 Å². The highest BCUT2D eigenvalue weighted by atomic mass is 16.5. The van der Waals surface area contributed by atoms with E-state index in [9.17, 15) is 4.79 Å². The van der Waals surface area contributed by atoms with E-state index in [2.05, 4.69) is 20.3 Å². The van der Waals surface area contributed by atoms with Crippen molar-refractivity contribution in [1.82, 2.24) is 25.0 Å². The van der Waals surface area contributed by atoms with E-state index in [0.29, 0.717) is 12.1 Å². The van der Waals surface area contributed by atoms with Gasteiger partial charge in [-0.15, -0.1) is 0 Å². The number of nitrogens with one attached hydrogen (secondary N) is 1. The van der Waals surface area contributed by atoms with E-state index in [0.717, 1.165) is 49.6 Å². The Morgan fingerprint density at radius 2 is 2.18 bits per heavy atom. The molecule has 118 valence electrons. The predicted octanol–water partition coefficient (Wildman–Crippen LogP) is 0.339. The Labute approximate surface area is 129 Å². The van der Waals surface area contributed by atoms with Gasteiger partial charge in [-0.2, -0.15) is 5.10 Å². The normalized spacial score (nSPS) is 16.1. The molecule has 0 saturated carbocycles. The quantitative estimate of drug-likeness (QED) is 0.882. The minimum atomic E-state index is -0.0917. The molecule has 0 spiro atoms. The molecule has 1 aliphatic rings. The van der Waals surface area contributed by atoms with Crippen molar-refractivity contribution in [3.8, 4) is 0 Å². The molecule has 1 saturated heterocycles. The van der Waals surface area contributed by atoms with Crippen molar-refractivity contribution in [2.45, 2.75) is 6.92 Å². The summed E-state index contributed by atoms with van der Waals surface area (Å²) >= 11 is 0. The van der Waals surface area contributed by atoms with Crippen LogP contribution in [0.5, 0.6) is 0 Å². The average molecular weight is 303 g/mol. The van der Waals surface area contributed by atoms with Crippen molar-refractivity contribution in [2.75, 3.05) is 39.4 Å². The standard InChI is InChI=1S/C15H21N5O2/c1-11-13-9-12(10-17-14(13)19(2)18-11)15(21)16-3-4-20-5-7-22-8-6-20/h9-10H,3-8H2,1-2H3,(H,16,21). The monoisotopic (exact) mass is 303 g/mol. The van der Waals surface area contributed by atoms with Gasteiger partial charge in [-0.3, -0.25) is 14.4 Å². The van der Waals surface area contributed by atoms with E-state index in [4.69, 9.17) is 4.74 Å². The predicted molar refractivity (Wildman–Crippen MR) is 82.8 cm³/mol. The fraction of sp³-hybridized carbons (Fsp3) is 0.533. The molecule has 0 unspecified atom stereocenters. The highest BCUT2D eigenvalue weighted by Gasteiger charge is 2.13. The van der Waals surface area contributed by atoms with Gasteiger partial charge in [0.05, 0.1) is 24.5 Å². The fourth-order valence-corrected chi connectivity index (χ4v) is 2.69. The Balaban J connectivity index is 1.61. The molecule has 2 aromatic rings. The van der Waals surface area contributed by atoms with Crippen molar-refractivity contribution in [3.05, 3.63) is 23.5 Å². The number of ether oxygens (including phenoxy) is 1. The number of fused-ring (bicyclic) bond motifs is 1. The minimum absolute atomic E-state index is 0.0917. The van der Waals surface area contributed by atoms with Gasteiger partial charge in [0.15, 0.2) is 5.65 Å². The summed E-state index contributed by atoms with van der Waals surface area (Å²) in [5, 5.41) is 8.19. The van der Waals surface area contributed by atoms with Crippen LogP contribution in [0.4, 0.5) is 0 Å². The second-order valence-corrected chi connectivity index (χ2v) is 5.51. The van der Waals surface area contributed by atoms with Crippen LogP contribution in [-0.4, -0.2) is 65.0 Å². The maximum absolute atomic E-state index is 12.2. The number of pyridine rings is 1. The molecule has 22 heavy (non-hydrogen) atoms. The minimum Gasteiger partial charge on any atom is -0.379 e. The lowest BCUT2D eigenvalue weighted by Gasteiger charge is -2.26. The zero-order chi connectivity index (χ0) is 15.5. The Morgan fingerprint density at radius 3 is 2.95 bits per heavy atom. The molecule has 0 radical (unpaired) electrons. The van der Waals surface area contributed by atoms with E-state index >= 15 is 0 Å². The van der Waals surface area contributed by atoms with Crippen molar-refractivity contribution >= 4 is 16.9 Å². The zero-order valence-corrected chi connectivity index (χ0v) is 13.0. The average Bonchev–Trinajstić information content (AvgIpc) is 2.82. The molecule has 2 aromatic heterocycles. The summed E-state index contributed by atoms with van der Waals surface area (Å²) in [4.78, 5) is 18.8. The summed E-state index contributed by atoms with van der Waals surface area (Å²) < 4.78 is 7.03. The first kappa shape index (κ1) is 14.9. The summed E-state index contributed by atoms with van der Waals surface area (Å²) in [5.41, 5.74) is 2.25. The summed E-state index contributed by atoms with van der Waals surface area (Å²) in [6.45, 7) is 6.80. The summed E-state index contributed by atoms with van der Waals surface area (Å²) in [6, 6.07) is 1.86. The van der Waals surface area contributed by atoms with E-state index in [1.807, 2.05) is 20.0 Å². The molecule has 7 heteroatoms. The van der Waals surface area contributed by atoms with Crippen molar-refractivity contribution in [2.24, 2.45) is 7.05 Å². The first-order chi connectivity index (χ1) is 10.6. The van der Waals surface area contributed by atoms with E-state index in [-0.39, 0.29) is 5.91 Å². The van der Waals surface area contributed by atoms with Gasteiger partial charge in [-0.1, -0.05) is 0 Å². The van der Waals surface area contributed by atoms with Crippen LogP contribution < -0.4 is 5.32 Å². The molecule has 3 rings (SSSR count). The van der Waals surface area contributed by atoms with Crippen LogP contribution in [0.2, 0.25) is 0 Å². The number of hydrogen-bond donors (Lipinski definition) is 1. The lowest BCUT2D eigenvalue weighted by atomic mass is 10.2. The first-order valence-electron chi connectivity index (χ1n) is 7.53. The SMILES string of the molecule is Cc1nn(C)c2ncc(C(=O)NCCN3CCOCC3)cc12. The number of nitrogens with zero attached hydrogens (tertiary/aromatic N) is 4. The maximum Gasteiger partial charge on any atom is 0.252 e. The van der Waals surface area contributed by atoms with Gasteiger partial charge in [0, 0.05) is 44.8 Å². The summed E-state index contributed by atoms with van der Waals surface area (Å²) in [7, 11) is 1.85. The first-order valence-corrected chi connectivity index (χ1v) is 7.53. The van der Waals surface area contributed by atoms with Crippen LogP contribution in [-0.2, 0) is 11.8 Å². The van der Waals surface area contributed by atoms with Crippen molar-refractivity contribution in [1.29, 1.82) is 0 Å². The molecule has 3 heterocycles. The van der Waals surface area contributed by atoms with E-state index < -0.39 is 0 Å². The largest absolute Gasteiger partial charge is 0.379 e. The molecule has 1 N–H and O–H groups in total. The van der Waals surface area contributed by atoms with E-state index in [1.54, 1.807) is 10.9 Å². The topological polar surface area (TPSA) is 72.3 Å². The Kier molecular flexibility index (Phi) is 4.35. The van der Waals surface area contributed by atoms with Crippen LogP contribution in [0.3, 0.4) is 0 Å². The second-order valence-electron chi connectivity index (χ2n) is 5.51. The van der Waals surface area contributed by atoms with Crippen molar-refractivity contribution in [3.63, 3.8) is 0 Å². The number of aromatic nitrogens is 3. The second kappa shape index (κ2) is 6.41. The van der Waals surface area contributed by atoms with Gasteiger partial charge < -0.3 is 10.1 Å². The van der Waals surface area contributed by atoms with Gasteiger partial charge >= 0.3 is 0 Å². The molecule has 0 atom stereocenters. The third kappa shape index (κ3) is 3.10. The van der Waals surface area contributed by atoms with E-state index in [1.165, 1.54) is 0 Å². The Hall–Kier alpha value is -1.99. The van der Waals surface area contributed by atoms with Gasteiger partial charge in [-0.25, -0.2) is 4.98 Å². The number of hydrogen-bond acceptors (Lipinski definition) is 5. The molecule has 1 fully saturated rings. The third-order valence-corrected chi connectivity index (χ3v) is 3.94. The van der Waals surface area contributed by atoms with Crippen LogP contribution in [0.1, 0.15) is 16.1 Å². The number of amides is 1. The lowest BCUT2D eigenvalue weighted by Crippen LogP contribution is -2.41. The maximum atomic E-state index is 12.2. The van der Waals surface area contributed by atoms with Gasteiger partial charge in [0.2, 0.25) is 0 Å². The fourth-order valence-electron chi connectivity index (χ4n) is 2.69. The molecule has 7 nitrogen and oxygen atoms in total. The lowest BCUT2D eigenvalue weighted by molar-refractivity contribution is 0.0383. The van der Waals surface area contributed by atoms with Crippen LogP contribution in [0.25, 0.3) is 11.0 Å². The number of carbonyl (C=O) groups is 1. The van der Waals surface area contributed by atoms with Crippen LogP contribution in [0, 0.1) is 6.92 Å².